The fourth-order valence-electron chi connectivity index (χ4n) is 1.84. The second-order valence-corrected chi connectivity index (χ2v) is 5.52. The lowest BCUT2D eigenvalue weighted by atomic mass is 10.2. The number of nitrogens with one attached hydrogen (secondary N) is 1. The van der Waals surface area contributed by atoms with E-state index < -0.39 is 29.7 Å². The van der Waals surface area contributed by atoms with Crippen molar-refractivity contribution in [2.75, 3.05) is 5.32 Å². The number of hydrogen-bond donors (Lipinski definition) is 1. The molecule has 0 aliphatic carbocycles. The first-order chi connectivity index (χ1) is 12.2. The molecule has 26 heavy (non-hydrogen) atoms. The Morgan fingerprint density at radius 3 is 2.65 bits per heavy atom. The average molecular weight is 388 g/mol. The van der Waals surface area contributed by atoms with Crippen molar-refractivity contribution in [3.8, 4) is 0 Å². The monoisotopic (exact) mass is 387 g/mol. The van der Waals surface area contributed by atoms with E-state index in [-0.39, 0.29) is 10.7 Å². The molecular weight excluding hydrogens is 375 g/mol. The van der Waals surface area contributed by atoms with Crippen molar-refractivity contribution in [2.24, 2.45) is 0 Å². The summed E-state index contributed by atoms with van der Waals surface area (Å²) in [6.07, 6.45) is -2.02. The van der Waals surface area contributed by atoms with Crippen LogP contribution in [0.2, 0.25) is 5.02 Å². The summed E-state index contributed by atoms with van der Waals surface area (Å²) in [6, 6.07) is 5.74. The second kappa shape index (κ2) is 8.09. The van der Waals surface area contributed by atoms with Crippen LogP contribution < -0.4 is 5.32 Å². The van der Waals surface area contributed by atoms with Gasteiger partial charge in [-0.3, -0.25) is 4.79 Å². The molecule has 0 bridgehead atoms. The first-order valence-corrected chi connectivity index (χ1v) is 7.64. The van der Waals surface area contributed by atoms with Crippen molar-refractivity contribution >= 4 is 35.2 Å². The molecule has 0 saturated carbocycles. The largest absolute Gasteiger partial charge is 0.465 e. The van der Waals surface area contributed by atoms with Crippen molar-refractivity contribution < 1.29 is 31.9 Å². The average Bonchev–Trinajstić information content (AvgIpc) is 3.07. The number of rotatable bonds is 5. The molecule has 1 amide bonds. The van der Waals surface area contributed by atoms with Crippen molar-refractivity contribution in [1.29, 1.82) is 0 Å². The molecule has 0 fully saturated rings. The summed E-state index contributed by atoms with van der Waals surface area (Å²) in [4.78, 5) is 23.7. The number of benzene rings is 1. The van der Waals surface area contributed by atoms with Crippen LogP contribution in [0.15, 0.2) is 47.1 Å². The van der Waals surface area contributed by atoms with Crippen molar-refractivity contribution in [3.63, 3.8) is 0 Å². The minimum absolute atomic E-state index is 0.0809. The number of esters is 1. The van der Waals surface area contributed by atoms with Crippen LogP contribution in [0.4, 0.5) is 18.9 Å². The Hall–Kier alpha value is -2.74. The third-order valence-electron chi connectivity index (χ3n) is 3.14. The Morgan fingerprint density at radius 2 is 2.04 bits per heavy atom. The summed E-state index contributed by atoms with van der Waals surface area (Å²) in [5, 5.41) is 2.13. The molecule has 0 saturated heterocycles. The molecule has 0 aliphatic heterocycles. The van der Waals surface area contributed by atoms with E-state index in [1.54, 1.807) is 12.1 Å². The van der Waals surface area contributed by atoms with Gasteiger partial charge in [-0.1, -0.05) is 11.6 Å². The number of carbonyl (C=O) groups is 2. The van der Waals surface area contributed by atoms with E-state index in [1.807, 2.05) is 0 Å². The van der Waals surface area contributed by atoms with Gasteiger partial charge in [0.15, 0.2) is 6.10 Å². The summed E-state index contributed by atoms with van der Waals surface area (Å²) < 4.78 is 48.0. The molecule has 2 aromatic rings. The van der Waals surface area contributed by atoms with Gasteiger partial charge in [-0.05, 0) is 43.3 Å². The molecule has 2 rings (SSSR count). The zero-order valence-corrected chi connectivity index (χ0v) is 14.1. The molecule has 0 aliphatic rings. The number of furan rings is 1. The quantitative estimate of drug-likeness (QED) is 0.604. The topological polar surface area (TPSA) is 68.5 Å². The summed E-state index contributed by atoms with van der Waals surface area (Å²) in [6.45, 7) is 1.27. The molecule has 1 N–H and O–H groups in total. The summed E-state index contributed by atoms with van der Waals surface area (Å²) in [7, 11) is 0. The highest BCUT2D eigenvalue weighted by atomic mass is 35.5. The number of carbonyl (C=O) groups excluding carboxylic acids is 2. The van der Waals surface area contributed by atoms with Gasteiger partial charge < -0.3 is 14.5 Å². The molecular formula is C17H13ClF3NO4. The van der Waals surface area contributed by atoms with E-state index in [1.165, 1.54) is 19.3 Å². The molecule has 1 heterocycles. The van der Waals surface area contributed by atoms with Crippen LogP contribution in [0, 0.1) is 0 Å². The smallest absolute Gasteiger partial charge is 0.416 e. The molecule has 0 spiro atoms. The summed E-state index contributed by atoms with van der Waals surface area (Å²) >= 11 is 5.80. The van der Waals surface area contributed by atoms with E-state index in [2.05, 4.69) is 5.32 Å². The van der Waals surface area contributed by atoms with E-state index in [9.17, 15) is 22.8 Å². The second-order valence-electron chi connectivity index (χ2n) is 5.11. The highest BCUT2D eigenvalue weighted by Crippen LogP contribution is 2.33. The molecule has 9 heteroatoms. The first-order valence-electron chi connectivity index (χ1n) is 7.26. The maximum Gasteiger partial charge on any atom is 0.416 e. The van der Waals surface area contributed by atoms with Crippen molar-refractivity contribution in [3.05, 3.63) is 59.0 Å². The predicted octanol–water partition coefficient (Wildman–Crippen LogP) is 4.54. The molecule has 1 atom stereocenters. The number of anilines is 1. The maximum atomic E-state index is 12.7. The van der Waals surface area contributed by atoms with Gasteiger partial charge in [0.25, 0.3) is 5.91 Å². The van der Waals surface area contributed by atoms with Gasteiger partial charge in [0, 0.05) is 6.08 Å². The lowest BCUT2D eigenvalue weighted by Crippen LogP contribution is -2.29. The van der Waals surface area contributed by atoms with Gasteiger partial charge >= 0.3 is 12.1 Å². The zero-order chi connectivity index (χ0) is 19.3. The van der Waals surface area contributed by atoms with Crippen LogP contribution in [0.1, 0.15) is 18.2 Å². The molecule has 1 aromatic heterocycles. The molecule has 5 nitrogen and oxygen atoms in total. The Morgan fingerprint density at radius 1 is 1.31 bits per heavy atom. The van der Waals surface area contributed by atoms with E-state index in [4.69, 9.17) is 20.8 Å². The van der Waals surface area contributed by atoms with Gasteiger partial charge in [-0.25, -0.2) is 4.79 Å². The van der Waals surface area contributed by atoms with Crippen molar-refractivity contribution in [1.82, 2.24) is 0 Å². The van der Waals surface area contributed by atoms with Gasteiger partial charge in [-0.15, -0.1) is 0 Å². The number of ether oxygens (including phenoxy) is 1. The van der Waals surface area contributed by atoms with E-state index >= 15 is 0 Å². The minimum Gasteiger partial charge on any atom is -0.465 e. The lowest BCUT2D eigenvalue weighted by Gasteiger charge is -2.15. The van der Waals surface area contributed by atoms with Crippen LogP contribution in [0.3, 0.4) is 0 Å². The molecule has 138 valence electrons. The zero-order valence-electron chi connectivity index (χ0n) is 13.3. The van der Waals surface area contributed by atoms with E-state index in [0.717, 1.165) is 18.2 Å². The Kier molecular flexibility index (Phi) is 6.10. The lowest BCUT2D eigenvalue weighted by molar-refractivity contribution is -0.148. The normalized spacial score (nSPS) is 12.8. The van der Waals surface area contributed by atoms with Crippen LogP contribution in [-0.2, 0) is 20.5 Å². The number of alkyl halides is 3. The van der Waals surface area contributed by atoms with Gasteiger partial charge in [0.05, 0.1) is 22.5 Å². The van der Waals surface area contributed by atoms with Gasteiger partial charge in [-0.2, -0.15) is 13.2 Å². The first kappa shape index (κ1) is 19.6. The maximum absolute atomic E-state index is 12.7. The predicted molar refractivity (Wildman–Crippen MR) is 88.4 cm³/mol. The number of amides is 1. The fourth-order valence-corrected chi connectivity index (χ4v) is 2.00. The van der Waals surface area contributed by atoms with Crippen LogP contribution in [0.25, 0.3) is 6.08 Å². The van der Waals surface area contributed by atoms with Crippen molar-refractivity contribution in [2.45, 2.75) is 19.2 Å². The molecule has 1 aromatic carbocycles. The summed E-state index contributed by atoms with van der Waals surface area (Å²) in [5.41, 5.74) is -1.20. The highest BCUT2D eigenvalue weighted by molar-refractivity contribution is 6.33. The van der Waals surface area contributed by atoms with Crippen LogP contribution >= 0.6 is 11.6 Å². The summed E-state index contributed by atoms with van der Waals surface area (Å²) in [5.74, 6) is -1.24. The molecule has 0 unspecified atom stereocenters. The Balaban J connectivity index is 1.99. The van der Waals surface area contributed by atoms with E-state index in [0.29, 0.717) is 11.8 Å². The standard InChI is InChI=1S/C17H13ClF3NO4/c1-10(26-15(23)7-5-12-3-2-8-25-12)16(24)22-14-9-11(17(19,20)21)4-6-13(14)18/h2-10H,1H3,(H,22,24)/b7-5+/t10-/m0/s1. The van der Waals surface area contributed by atoms with Crippen LogP contribution in [-0.4, -0.2) is 18.0 Å². The van der Waals surface area contributed by atoms with Crippen LogP contribution in [0.5, 0.6) is 0 Å². The molecule has 0 radical (unpaired) electrons. The third kappa shape index (κ3) is 5.38. The SMILES string of the molecule is C[C@H](OC(=O)/C=C/c1ccco1)C(=O)Nc1cc(C(F)(F)F)ccc1Cl. The minimum atomic E-state index is -4.58. The number of hydrogen-bond acceptors (Lipinski definition) is 4. The Labute approximate surface area is 151 Å². The van der Waals surface area contributed by atoms with Gasteiger partial charge in [0.1, 0.15) is 5.76 Å². The Bertz CT molecular complexity index is 816. The number of halogens is 4. The highest BCUT2D eigenvalue weighted by Gasteiger charge is 2.31. The fraction of sp³-hybridized carbons (Fsp3) is 0.176. The third-order valence-corrected chi connectivity index (χ3v) is 3.47. The van der Waals surface area contributed by atoms with Gasteiger partial charge in [0.2, 0.25) is 0 Å².